The highest BCUT2D eigenvalue weighted by molar-refractivity contribution is 6.05. The number of hydrogen-bond acceptors (Lipinski definition) is 5. The standard InChI is InChI=1S/C20H25N3O4/c21-16-4-2-14(24)9-12(16)7-11-1-3-15-13(8-11)10-23(20(15)27)17-5-6-18(25)22-19(17)26/h1,3,8,12,14,16-17,24H,2,4-7,9-10,21H2,(H,22,25,26)/t12-,14+,16-,17?/m0/s1. The second kappa shape index (κ2) is 7.05. The lowest BCUT2D eigenvalue weighted by Gasteiger charge is -2.31. The van der Waals surface area contributed by atoms with Gasteiger partial charge in [-0.05, 0) is 55.2 Å². The average Bonchev–Trinajstić information content (AvgIpc) is 2.94. The van der Waals surface area contributed by atoms with Gasteiger partial charge in [0, 0.05) is 24.6 Å². The number of carbonyl (C=O) groups is 3. The molecule has 3 aliphatic rings. The van der Waals surface area contributed by atoms with Crippen LogP contribution in [0.5, 0.6) is 0 Å². The van der Waals surface area contributed by atoms with Crippen LogP contribution >= 0.6 is 0 Å². The predicted octanol–water partition coefficient (Wildman–Crippen LogP) is 0.478. The van der Waals surface area contributed by atoms with Gasteiger partial charge >= 0.3 is 0 Å². The van der Waals surface area contributed by atoms with Crippen molar-refractivity contribution in [2.75, 3.05) is 0 Å². The Labute approximate surface area is 157 Å². The second-order valence-corrected chi connectivity index (χ2v) is 7.99. The molecular weight excluding hydrogens is 346 g/mol. The number of carbonyl (C=O) groups excluding carboxylic acids is 3. The molecule has 4 N–H and O–H groups in total. The first-order valence-electron chi connectivity index (χ1n) is 9.62. The molecule has 0 aromatic heterocycles. The summed E-state index contributed by atoms with van der Waals surface area (Å²) in [4.78, 5) is 37.8. The van der Waals surface area contributed by atoms with E-state index in [-0.39, 0.29) is 36.3 Å². The number of aliphatic hydroxyl groups is 1. The number of nitrogens with one attached hydrogen (secondary N) is 1. The largest absolute Gasteiger partial charge is 0.393 e. The summed E-state index contributed by atoms with van der Waals surface area (Å²) in [5, 5.41) is 12.2. The molecule has 4 atom stereocenters. The molecule has 7 heteroatoms. The summed E-state index contributed by atoms with van der Waals surface area (Å²) >= 11 is 0. The fourth-order valence-corrected chi connectivity index (χ4v) is 4.55. The molecule has 27 heavy (non-hydrogen) atoms. The number of fused-ring (bicyclic) bond motifs is 1. The van der Waals surface area contributed by atoms with E-state index in [4.69, 9.17) is 5.73 Å². The Kier molecular flexibility index (Phi) is 4.74. The molecule has 0 bridgehead atoms. The molecular formula is C20H25N3O4. The van der Waals surface area contributed by atoms with E-state index in [9.17, 15) is 19.5 Å². The van der Waals surface area contributed by atoms with Crippen LogP contribution in [0.2, 0.25) is 0 Å². The highest BCUT2D eigenvalue weighted by atomic mass is 16.3. The van der Waals surface area contributed by atoms with Crippen LogP contribution in [0, 0.1) is 5.92 Å². The van der Waals surface area contributed by atoms with E-state index >= 15 is 0 Å². The van der Waals surface area contributed by atoms with E-state index in [2.05, 4.69) is 5.32 Å². The van der Waals surface area contributed by atoms with Crippen molar-refractivity contribution < 1.29 is 19.5 Å². The number of nitrogens with zero attached hydrogens (tertiary/aromatic N) is 1. The molecule has 2 heterocycles. The number of imide groups is 1. The van der Waals surface area contributed by atoms with Crippen molar-refractivity contribution >= 4 is 17.7 Å². The Morgan fingerprint density at radius 1 is 1.19 bits per heavy atom. The topological polar surface area (TPSA) is 113 Å². The molecule has 0 radical (unpaired) electrons. The molecule has 1 unspecified atom stereocenters. The Hall–Kier alpha value is -2.25. The smallest absolute Gasteiger partial charge is 0.255 e. The zero-order valence-corrected chi connectivity index (χ0v) is 15.2. The second-order valence-electron chi connectivity index (χ2n) is 7.99. The number of piperidine rings is 1. The monoisotopic (exact) mass is 371 g/mol. The molecule has 7 nitrogen and oxygen atoms in total. The van der Waals surface area contributed by atoms with Crippen LogP contribution in [0.15, 0.2) is 18.2 Å². The van der Waals surface area contributed by atoms with Gasteiger partial charge < -0.3 is 15.7 Å². The van der Waals surface area contributed by atoms with Crippen molar-refractivity contribution in [1.82, 2.24) is 10.2 Å². The van der Waals surface area contributed by atoms with Crippen molar-refractivity contribution in [2.45, 2.75) is 63.3 Å². The number of aliphatic hydroxyl groups excluding tert-OH is 1. The fraction of sp³-hybridized carbons (Fsp3) is 0.550. The van der Waals surface area contributed by atoms with E-state index in [0.29, 0.717) is 24.9 Å². The highest BCUT2D eigenvalue weighted by Gasteiger charge is 2.39. The van der Waals surface area contributed by atoms with Crippen molar-refractivity contribution in [1.29, 1.82) is 0 Å². The zero-order valence-electron chi connectivity index (χ0n) is 15.2. The van der Waals surface area contributed by atoms with Crippen molar-refractivity contribution in [3.8, 4) is 0 Å². The molecule has 2 fully saturated rings. The van der Waals surface area contributed by atoms with Gasteiger partial charge in [0.15, 0.2) is 0 Å². The molecule has 1 saturated carbocycles. The third-order valence-corrected chi connectivity index (χ3v) is 6.10. The Morgan fingerprint density at radius 3 is 2.78 bits per heavy atom. The predicted molar refractivity (Wildman–Crippen MR) is 97.5 cm³/mol. The first-order chi connectivity index (χ1) is 12.9. The lowest BCUT2D eigenvalue weighted by atomic mass is 9.79. The van der Waals surface area contributed by atoms with Gasteiger partial charge in [-0.15, -0.1) is 0 Å². The van der Waals surface area contributed by atoms with Crippen LogP contribution in [0.1, 0.15) is 53.6 Å². The van der Waals surface area contributed by atoms with Crippen molar-refractivity contribution in [3.05, 3.63) is 34.9 Å². The molecule has 1 saturated heterocycles. The first kappa shape index (κ1) is 18.1. The van der Waals surface area contributed by atoms with Gasteiger partial charge in [-0.1, -0.05) is 12.1 Å². The van der Waals surface area contributed by atoms with E-state index in [1.807, 2.05) is 18.2 Å². The third kappa shape index (κ3) is 3.49. The van der Waals surface area contributed by atoms with Gasteiger partial charge in [0.2, 0.25) is 11.8 Å². The van der Waals surface area contributed by atoms with E-state index in [1.54, 1.807) is 4.90 Å². The van der Waals surface area contributed by atoms with Gasteiger partial charge in [0.25, 0.3) is 5.91 Å². The van der Waals surface area contributed by atoms with Gasteiger partial charge in [0.05, 0.1) is 6.10 Å². The number of benzene rings is 1. The summed E-state index contributed by atoms with van der Waals surface area (Å²) in [6.07, 6.45) is 3.41. The minimum absolute atomic E-state index is 0.0863. The van der Waals surface area contributed by atoms with Crippen LogP contribution in [-0.4, -0.2) is 45.9 Å². The van der Waals surface area contributed by atoms with Crippen LogP contribution in [0.4, 0.5) is 0 Å². The van der Waals surface area contributed by atoms with E-state index < -0.39 is 11.9 Å². The number of amides is 3. The number of rotatable bonds is 3. The maximum atomic E-state index is 12.7. The molecule has 4 rings (SSSR count). The maximum absolute atomic E-state index is 12.7. The van der Waals surface area contributed by atoms with Gasteiger partial charge in [-0.3, -0.25) is 19.7 Å². The molecule has 2 aliphatic heterocycles. The van der Waals surface area contributed by atoms with Crippen molar-refractivity contribution in [3.63, 3.8) is 0 Å². The highest BCUT2D eigenvalue weighted by Crippen LogP contribution is 2.31. The van der Waals surface area contributed by atoms with Crippen molar-refractivity contribution in [2.24, 2.45) is 11.7 Å². The summed E-state index contributed by atoms with van der Waals surface area (Å²) in [5.74, 6) is -0.602. The van der Waals surface area contributed by atoms with E-state index in [0.717, 1.165) is 30.4 Å². The summed E-state index contributed by atoms with van der Waals surface area (Å²) in [7, 11) is 0. The SMILES string of the molecule is N[C@H]1CC[C@@H](O)C[C@@H]1Cc1ccc2c(c1)CN(C1CCC(=O)NC1=O)C2=O. The average molecular weight is 371 g/mol. The van der Waals surface area contributed by atoms with Gasteiger partial charge in [0.1, 0.15) is 6.04 Å². The Bertz CT molecular complexity index is 793. The summed E-state index contributed by atoms with van der Waals surface area (Å²) in [5.41, 5.74) is 8.85. The summed E-state index contributed by atoms with van der Waals surface area (Å²) < 4.78 is 0. The minimum atomic E-state index is -0.590. The fourth-order valence-electron chi connectivity index (χ4n) is 4.55. The van der Waals surface area contributed by atoms with Crippen LogP contribution < -0.4 is 11.1 Å². The molecule has 1 aliphatic carbocycles. The number of nitrogens with two attached hydrogens (primary N) is 1. The molecule has 0 spiro atoms. The molecule has 144 valence electrons. The van der Waals surface area contributed by atoms with Gasteiger partial charge in [-0.25, -0.2) is 0 Å². The maximum Gasteiger partial charge on any atom is 0.255 e. The van der Waals surface area contributed by atoms with E-state index in [1.165, 1.54) is 0 Å². The summed E-state index contributed by atoms with van der Waals surface area (Å²) in [6.45, 7) is 0.383. The van der Waals surface area contributed by atoms with Crippen LogP contribution in [0.3, 0.4) is 0 Å². The Balaban J connectivity index is 1.49. The normalized spacial score (nSPS) is 31.0. The quantitative estimate of drug-likeness (QED) is 0.669. The first-order valence-corrected chi connectivity index (χ1v) is 9.62. The van der Waals surface area contributed by atoms with Crippen LogP contribution in [0.25, 0.3) is 0 Å². The lowest BCUT2D eigenvalue weighted by Crippen LogP contribution is -2.52. The lowest BCUT2D eigenvalue weighted by molar-refractivity contribution is -0.136. The van der Waals surface area contributed by atoms with Crippen LogP contribution in [-0.2, 0) is 22.6 Å². The molecule has 3 amide bonds. The molecule has 1 aromatic rings. The minimum Gasteiger partial charge on any atom is -0.393 e. The summed E-state index contributed by atoms with van der Waals surface area (Å²) in [6, 6.07) is 5.28. The zero-order chi connectivity index (χ0) is 19.1. The van der Waals surface area contributed by atoms with Gasteiger partial charge in [-0.2, -0.15) is 0 Å². The number of hydrogen-bond donors (Lipinski definition) is 3. The Morgan fingerprint density at radius 2 is 2.00 bits per heavy atom. The molecule has 1 aromatic carbocycles. The third-order valence-electron chi connectivity index (χ3n) is 6.10.